The quantitative estimate of drug-likeness (QED) is 0.461. The van der Waals surface area contributed by atoms with Crippen molar-refractivity contribution in [1.29, 1.82) is 0 Å². The zero-order chi connectivity index (χ0) is 20.0. The number of ketones is 1. The molecule has 8 heteroatoms. The Hall–Kier alpha value is -2.84. The first kappa shape index (κ1) is 18.2. The summed E-state index contributed by atoms with van der Waals surface area (Å²) in [6.07, 6.45) is 2.59. The Bertz CT molecular complexity index is 1200. The first-order chi connectivity index (χ1) is 14.2. The molecule has 0 spiro atoms. The predicted octanol–water partition coefficient (Wildman–Crippen LogP) is 4.21. The van der Waals surface area contributed by atoms with Crippen molar-refractivity contribution in [3.8, 4) is 11.1 Å². The Morgan fingerprint density at radius 1 is 1.21 bits per heavy atom. The monoisotopic (exact) mass is 452 g/mol. The van der Waals surface area contributed by atoms with Crippen molar-refractivity contribution in [2.24, 2.45) is 0 Å². The fraction of sp³-hybridized carbons (Fsp3) is 0.238. The standard InChI is InChI=1S/C21H17BrN4O3/c1-28-11-15-19(12-4-6-14(22)7-5-12)21-24-23-20-16(26(21)25-15)9-13(10-17(20)27)18-3-2-8-29-18/h2-8,13H,9-11H2,1H3. The van der Waals surface area contributed by atoms with Crippen molar-refractivity contribution in [2.45, 2.75) is 25.4 Å². The van der Waals surface area contributed by atoms with Crippen LogP contribution in [0.1, 0.15) is 40.0 Å². The average Bonchev–Trinajstić information content (AvgIpc) is 3.37. The molecule has 1 aliphatic rings. The summed E-state index contributed by atoms with van der Waals surface area (Å²) >= 11 is 3.47. The molecule has 3 aromatic heterocycles. The molecule has 0 N–H and O–H groups in total. The number of carbonyl (C=O) groups excluding carboxylic acids is 1. The summed E-state index contributed by atoms with van der Waals surface area (Å²) in [4.78, 5) is 12.7. The summed E-state index contributed by atoms with van der Waals surface area (Å²) in [5.74, 6) is 0.714. The minimum absolute atomic E-state index is 0.0383. The van der Waals surface area contributed by atoms with E-state index in [1.807, 2.05) is 36.4 Å². The number of aromatic nitrogens is 4. The number of ether oxygens (including phenoxy) is 1. The average molecular weight is 453 g/mol. The highest BCUT2D eigenvalue weighted by Crippen LogP contribution is 2.35. The third-order valence-corrected chi connectivity index (χ3v) is 5.73. The molecule has 0 amide bonds. The van der Waals surface area contributed by atoms with Gasteiger partial charge in [0.15, 0.2) is 17.1 Å². The summed E-state index contributed by atoms with van der Waals surface area (Å²) in [5, 5.41) is 13.4. The summed E-state index contributed by atoms with van der Waals surface area (Å²) in [6.45, 7) is 0.332. The molecule has 3 heterocycles. The third kappa shape index (κ3) is 3.08. The van der Waals surface area contributed by atoms with Gasteiger partial charge in [-0.05, 0) is 29.8 Å². The summed E-state index contributed by atoms with van der Waals surface area (Å²) in [7, 11) is 1.63. The fourth-order valence-corrected chi connectivity index (χ4v) is 4.15. The van der Waals surface area contributed by atoms with Crippen LogP contribution in [0, 0.1) is 0 Å². The summed E-state index contributed by atoms with van der Waals surface area (Å²) < 4.78 is 13.7. The maximum Gasteiger partial charge on any atom is 0.185 e. The van der Waals surface area contributed by atoms with E-state index in [0.717, 1.165) is 32.7 Å². The minimum Gasteiger partial charge on any atom is -0.469 e. The van der Waals surface area contributed by atoms with Crippen LogP contribution in [-0.2, 0) is 17.8 Å². The van der Waals surface area contributed by atoms with Gasteiger partial charge in [0.25, 0.3) is 0 Å². The molecule has 29 heavy (non-hydrogen) atoms. The lowest BCUT2D eigenvalue weighted by atomic mass is 9.87. The lowest BCUT2D eigenvalue weighted by Crippen LogP contribution is -2.24. The molecule has 0 saturated carbocycles. The molecule has 1 atom stereocenters. The maximum absolute atomic E-state index is 12.7. The third-order valence-electron chi connectivity index (χ3n) is 5.20. The van der Waals surface area contributed by atoms with Crippen LogP contribution in [-0.4, -0.2) is 32.7 Å². The largest absolute Gasteiger partial charge is 0.469 e. The van der Waals surface area contributed by atoms with Gasteiger partial charge in [-0.2, -0.15) is 5.10 Å². The lowest BCUT2D eigenvalue weighted by molar-refractivity contribution is 0.0951. The van der Waals surface area contributed by atoms with Gasteiger partial charge in [-0.1, -0.05) is 28.1 Å². The maximum atomic E-state index is 12.7. The van der Waals surface area contributed by atoms with E-state index < -0.39 is 0 Å². The first-order valence-corrected chi connectivity index (χ1v) is 10.0. The number of carbonyl (C=O) groups is 1. The van der Waals surface area contributed by atoms with Gasteiger partial charge in [-0.3, -0.25) is 4.79 Å². The minimum atomic E-state index is -0.0453. The molecule has 1 aliphatic carbocycles. The number of halogens is 1. The number of fused-ring (bicyclic) bond motifs is 3. The van der Waals surface area contributed by atoms with Gasteiger partial charge in [0.1, 0.15) is 5.76 Å². The SMILES string of the molecule is COCc1nn2c3c(nnc2c1-c1ccc(Br)cc1)C(=O)CC(c1ccco1)C3. The molecule has 5 rings (SSSR count). The van der Waals surface area contributed by atoms with Gasteiger partial charge in [0.05, 0.1) is 29.8 Å². The van der Waals surface area contributed by atoms with Crippen molar-refractivity contribution < 1.29 is 13.9 Å². The van der Waals surface area contributed by atoms with E-state index in [2.05, 4.69) is 26.1 Å². The smallest absolute Gasteiger partial charge is 0.185 e. The molecule has 7 nitrogen and oxygen atoms in total. The Labute approximate surface area is 174 Å². The summed E-state index contributed by atoms with van der Waals surface area (Å²) in [6, 6.07) is 11.7. The second-order valence-electron chi connectivity index (χ2n) is 7.04. The van der Waals surface area contributed by atoms with E-state index in [-0.39, 0.29) is 11.7 Å². The van der Waals surface area contributed by atoms with Crippen LogP contribution in [0.15, 0.2) is 51.6 Å². The van der Waals surface area contributed by atoms with E-state index in [4.69, 9.17) is 14.3 Å². The van der Waals surface area contributed by atoms with Gasteiger partial charge in [0.2, 0.25) is 0 Å². The van der Waals surface area contributed by atoms with Crippen LogP contribution in [0.3, 0.4) is 0 Å². The topological polar surface area (TPSA) is 82.5 Å². The Kier molecular flexibility index (Phi) is 4.52. The van der Waals surface area contributed by atoms with Crippen LogP contribution in [0.2, 0.25) is 0 Å². The normalized spacial score (nSPS) is 16.3. The number of hydrogen-bond acceptors (Lipinski definition) is 6. The first-order valence-electron chi connectivity index (χ1n) is 9.24. The number of benzene rings is 1. The molecule has 0 saturated heterocycles. The summed E-state index contributed by atoms with van der Waals surface area (Å²) in [5.41, 5.74) is 4.34. The fourth-order valence-electron chi connectivity index (χ4n) is 3.89. The number of methoxy groups -OCH3 is 1. The molecule has 0 fully saturated rings. The van der Waals surface area contributed by atoms with Crippen LogP contribution in [0.25, 0.3) is 16.8 Å². The van der Waals surface area contributed by atoms with E-state index in [9.17, 15) is 4.79 Å². The van der Waals surface area contributed by atoms with Crippen LogP contribution in [0.4, 0.5) is 0 Å². The van der Waals surface area contributed by atoms with E-state index >= 15 is 0 Å². The zero-order valence-electron chi connectivity index (χ0n) is 15.6. The van der Waals surface area contributed by atoms with Crippen molar-refractivity contribution >= 4 is 27.4 Å². The number of nitrogens with zero attached hydrogens (tertiary/aromatic N) is 4. The Morgan fingerprint density at radius 3 is 2.76 bits per heavy atom. The molecular weight excluding hydrogens is 436 g/mol. The van der Waals surface area contributed by atoms with Gasteiger partial charge < -0.3 is 9.15 Å². The molecule has 0 bridgehead atoms. The van der Waals surface area contributed by atoms with Gasteiger partial charge in [-0.25, -0.2) is 4.52 Å². The zero-order valence-corrected chi connectivity index (χ0v) is 17.2. The van der Waals surface area contributed by atoms with E-state index in [1.165, 1.54) is 0 Å². The van der Waals surface area contributed by atoms with Crippen LogP contribution in [0.5, 0.6) is 0 Å². The van der Waals surface area contributed by atoms with E-state index in [0.29, 0.717) is 30.8 Å². The Balaban J connectivity index is 1.70. The van der Waals surface area contributed by atoms with Gasteiger partial charge >= 0.3 is 0 Å². The second-order valence-corrected chi connectivity index (χ2v) is 7.95. The molecule has 146 valence electrons. The van der Waals surface area contributed by atoms with Crippen molar-refractivity contribution in [3.63, 3.8) is 0 Å². The van der Waals surface area contributed by atoms with Crippen molar-refractivity contribution in [1.82, 2.24) is 19.8 Å². The van der Waals surface area contributed by atoms with Gasteiger partial charge in [0, 0.05) is 30.3 Å². The molecule has 1 unspecified atom stereocenters. The second kappa shape index (κ2) is 7.20. The van der Waals surface area contributed by atoms with Crippen LogP contribution < -0.4 is 0 Å². The van der Waals surface area contributed by atoms with Gasteiger partial charge in [-0.15, -0.1) is 10.2 Å². The van der Waals surface area contributed by atoms with Crippen LogP contribution >= 0.6 is 15.9 Å². The van der Waals surface area contributed by atoms with Crippen molar-refractivity contribution in [3.05, 3.63) is 70.0 Å². The highest BCUT2D eigenvalue weighted by atomic mass is 79.9. The number of rotatable bonds is 4. The lowest BCUT2D eigenvalue weighted by Gasteiger charge is -2.21. The number of furan rings is 1. The van der Waals surface area contributed by atoms with Crippen molar-refractivity contribution in [2.75, 3.05) is 7.11 Å². The highest BCUT2D eigenvalue weighted by Gasteiger charge is 2.33. The molecular formula is C21H17BrN4O3. The predicted molar refractivity (Wildman–Crippen MR) is 109 cm³/mol. The number of Topliss-reactive ketones (excluding diaryl/α,β-unsaturated/α-hetero) is 1. The Morgan fingerprint density at radius 2 is 2.03 bits per heavy atom. The van der Waals surface area contributed by atoms with E-state index in [1.54, 1.807) is 17.9 Å². The number of hydrogen-bond donors (Lipinski definition) is 0. The molecule has 0 radical (unpaired) electrons. The molecule has 0 aliphatic heterocycles. The highest BCUT2D eigenvalue weighted by molar-refractivity contribution is 9.10. The molecule has 4 aromatic rings. The molecule has 1 aromatic carbocycles.